The van der Waals surface area contributed by atoms with Crippen molar-refractivity contribution in [3.05, 3.63) is 62.3 Å². The predicted molar refractivity (Wildman–Crippen MR) is 114 cm³/mol. The molecule has 1 spiro atoms. The molecule has 0 unspecified atom stereocenters. The zero-order valence-electron chi connectivity index (χ0n) is 17.7. The zero-order chi connectivity index (χ0) is 23.2. The van der Waals surface area contributed by atoms with Crippen LogP contribution in [0.15, 0.2) is 29.2 Å². The molecule has 4 rings (SSSR count). The number of methoxy groups -OCH3 is 1. The first-order valence-electron chi connectivity index (χ1n) is 10.2. The van der Waals surface area contributed by atoms with Gasteiger partial charge in [0.05, 0.1) is 16.7 Å². The predicted octanol–water partition coefficient (Wildman–Crippen LogP) is 2.30. The molecule has 0 atom stereocenters. The van der Waals surface area contributed by atoms with Gasteiger partial charge in [-0.15, -0.1) is 0 Å². The molecule has 32 heavy (non-hydrogen) atoms. The van der Waals surface area contributed by atoms with Crippen LogP contribution in [-0.2, 0) is 17.8 Å². The van der Waals surface area contributed by atoms with E-state index in [-0.39, 0.29) is 34.5 Å². The first-order valence-corrected chi connectivity index (χ1v) is 10.6. The van der Waals surface area contributed by atoms with Crippen molar-refractivity contribution in [2.24, 2.45) is 0 Å². The van der Waals surface area contributed by atoms with E-state index in [1.807, 2.05) is 6.92 Å². The molecule has 1 aliphatic carbocycles. The average Bonchev–Trinajstić information content (AvgIpc) is 2.74. The first kappa shape index (κ1) is 22.3. The lowest BCUT2D eigenvalue weighted by Crippen LogP contribution is -2.66. The van der Waals surface area contributed by atoms with Gasteiger partial charge in [0.15, 0.2) is 11.4 Å². The van der Waals surface area contributed by atoms with Gasteiger partial charge in [-0.1, -0.05) is 23.7 Å². The van der Waals surface area contributed by atoms with E-state index in [1.165, 1.54) is 22.9 Å². The maximum atomic E-state index is 14.1. The molecule has 10 heteroatoms. The largest absolute Gasteiger partial charge is 0.503 e. The van der Waals surface area contributed by atoms with E-state index in [0.717, 1.165) is 0 Å². The molecular weight excluding hydrogens is 441 g/mol. The smallest absolute Gasteiger partial charge is 0.275 e. The van der Waals surface area contributed by atoms with Crippen molar-refractivity contribution in [2.45, 2.75) is 44.5 Å². The third-order valence-corrected chi connectivity index (χ3v) is 6.61. The monoisotopic (exact) mass is 463 g/mol. The Morgan fingerprint density at radius 1 is 1.38 bits per heavy atom. The van der Waals surface area contributed by atoms with E-state index in [1.54, 1.807) is 18.1 Å². The molecule has 1 aromatic carbocycles. The summed E-state index contributed by atoms with van der Waals surface area (Å²) in [4.78, 5) is 40.1. The van der Waals surface area contributed by atoms with Crippen molar-refractivity contribution in [1.82, 2.24) is 14.8 Å². The van der Waals surface area contributed by atoms with Crippen molar-refractivity contribution in [3.63, 3.8) is 0 Å². The highest BCUT2D eigenvalue weighted by Gasteiger charge is 2.54. The van der Waals surface area contributed by atoms with Gasteiger partial charge in [-0.2, -0.15) is 0 Å². The Labute approximate surface area is 188 Å². The number of carbonyl (C=O) groups is 2. The molecule has 1 saturated carbocycles. The molecule has 2 aliphatic rings. The Kier molecular flexibility index (Phi) is 5.72. The lowest BCUT2D eigenvalue weighted by Gasteiger charge is -2.56. The summed E-state index contributed by atoms with van der Waals surface area (Å²) in [6.07, 6.45) is 2.53. The summed E-state index contributed by atoms with van der Waals surface area (Å²) in [5, 5.41) is 12.9. The fourth-order valence-corrected chi connectivity index (χ4v) is 4.84. The number of fused-ring (bicyclic) bond motifs is 1. The molecular formula is C22H23ClFN3O5. The maximum Gasteiger partial charge on any atom is 0.275 e. The molecule has 1 fully saturated rings. The molecule has 2 heterocycles. The number of nitrogens with one attached hydrogen (secondary N) is 1. The van der Waals surface area contributed by atoms with Crippen LogP contribution in [0.3, 0.4) is 0 Å². The molecule has 0 bridgehead atoms. The van der Waals surface area contributed by atoms with E-state index < -0.39 is 34.3 Å². The number of aromatic hydroxyl groups is 1. The average molecular weight is 464 g/mol. The van der Waals surface area contributed by atoms with E-state index >= 15 is 0 Å². The highest BCUT2D eigenvalue weighted by molar-refractivity contribution is 6.30. The summed E-state index contributed by atoms with van der Waals surface area (Å²) in [6, 6.07) is 4.39. The summed E-state index contributed by atoms with van der Waals surface area (Å²) in [5.74, 6) is -2.68. The van der Waals surface area contributed by atoms with Crippen molar-refractivity contribution in [3.8, 4) is 5.75 Å². The van der Waals surface area contributed by atoms with Crippen LogP contribution in [0.2, 0.25) is 5.02 Å². The number of carbonyl (C=O) groups excluding carboxylic acids is 2. The van der Waals surface area contributed by atoms with Crippen LogP contribution < -0.4 is 10.7 Å². The van der Waals surface area contributed by atoms with E-state index in [2.05, 4.69) is 5.32 Å². The minimum atomic E-state index is -0.955. The molecule has 8 nitrogen and oxygen atoms in total. The summed E-state index contributed by atoms with van der Waals surface area (Å²) in [5.41, 5.74) is -1.77. The van der Waals surface area contributed by atoms with E-state index in [4.69, 9.17) is 16.3 Å². The van der Waals surface area contributed by atoms with Crippen LogP contribution in [0, 0.1) is 5.82 Å². The number of rotatable bonds is 5. The topological polar surface area (TPSA) is 101 Å². The van der Waals surface area contributed by atoms with Crippen molar-refractivity contribution in [1.29, 1.82) is 0 Å². The second-order valence-corrected chi connectivity index (χ2v) is 8.54. The fraction of sp³-hybridized carbons (Fsp3) is 0.409. The standard InChI is InChI=1S/C22H23ClFN3O5/c1-3-27-21(31)17-19(29)18(28)14(10-26(17)11-22(27)7-13(8-22)32-2)20(30)25-9-12-5-4-6-15(23)16(12)24/h4-6,10,13,29H,3,7-9,11H2,1-2H3,(H,25,30). The number of aromatic nitrogens is 1. The van der Waals surface area contributed by atoms with Crippen LogP contribution in [0.1, 0.15) is 46.2 Å². The second kappa shape index (κ2) is 8.22. The van der Waals surface area contributed by atoms with Gasteiger partial charge in [0.2, 0.25) is 5.43 Å². The van der Waals surface area contributed by atoms with Crippen LogP contribution >= 0.6 is 11.6 Å². The number of hydrogen-bond acceptors (Lipinski definition) is 5. The Morgan fingerprint density at radius 3 is 2.75 bits per heavy atom. The van der Waals surface area contributed by atoms with Gasteiger partial charge in [0, 0.05) is 38.5 Å². The van der Waals surface area contributed by atoms with Gasteiger partial charge < -0.3 is 24.6 Å². The van der Waals surface area contributed by atoms with Crippen LogP contribution in [0.4, 0.5) is 4.39 Å². The zero-order valence-corrected chi connectivity index (χ0v) is 18.4. The quantitative estimate of drug-likeness (QED) is 0.708. The number of benzene rings is 1. The van der Waals surface area contributed by atoms with Crippen molar-refractivity contribution < 1.29 is 23.8 Å². The number of likely N-dealkylation sites (N-methyl/N-ethyl adjacent to an activating group) is 1. The third-order valence-electron chi connectivity index (χ3n) is 6.32. The Morgan fingerprint density at radius 2 is 2.09 bits per heavy atom. The van der Waals surface area contributed by atoms with Crippen LogP contribution in [0.5, 0.6) is 5.75 Å². The molecule has 0 radical (unpaired) electrons. The second-order valence-electron chi connectivity index (χ2n) is 8.13. The number of halogens is 2. The van der Waals surface area contributed by atoms with Gasteiger partial charge in [0.25, 0.3) is 11.8 Å². The lowest BCUT2D eigenvalue weighted by molar-refractivity contribution is -0.0910. The van der Waals surface area contributed by atoms with Crippen LogP contribution in [0.25, 0.3) is 0 Å². The molecule has 1 aliphatic heterocycles. The van der Waals surface area contributed by atoms with Crippen molar-refractivity contribution >= 4 is 23.4 Å². The van der Waals surface area contributed by atoms with Gasteiger partial charge in [0.1, 0.15) is 11.4 Å². The molecule has 2 amide bonds. The minimum Gasteiger partial charge on any atom is -0.503 e. The summed E-state index contributed by atoms with van der Waals surface area (Å²) >= 11 is 5.76. The molecule has 0 saturated heterocycles. The highest BCUT2D eigenvalue weighted by atomic mass is 35.5. The Bertz CT molecular complexity index is 1160. The number of ether oxygens (including phenoxy) is 1. The van der Waals surface area contributed by atoms with E-state index in [0.29, 0.717) is 25.9 Å². The SMILES string of the molecule is CCN1C(=O)c2c(O)c(=O)c(C(=O)NCc3cccc(Cl)c3F)cn2CC12CC(OC)C2. The number of hydrogen-bond donors (Lipinski definition) is 2. The molecule has 1 aromatic heterocycles. The summed E-state index contributed by atoms with van der Waals surface area (Å²) in [7, 11) is 1.61. The van der Waals surface area contributed by atoms with Gasteiger partial charge in [-0.3, -0.25) is 14.4 Å². The number of amides is 2. The number of pyridine rings is 1. The minimum absolute atomic E-state index is 0.0155. The fourth-order valence-electron chi connectivity index (χ4n) is 4.65. The number of nitrogens with zero attached hydrogens (tertiary/aromatic N) is 2. The van der Waals surface area contributed by atoms with E-state index in [9.17, 15) is 23.9 Å². The van der Waals surface area contributed by atoms with Crippen LogP contribution in [-0.4, -0.2) is 51.7 Å². The van der Waals surface area contributed by atoms with Crippen molar-refractivity contribution in [2.75, 3.05) is 13.7 Å². The Balaban J connectivity index is 1.65. The van der Waals surface area contributed by atoms with Gasteiger partial charge in [-0.05, 0) is 25.8 Å². The molecule has 170 valence electrons. The lowest BCUT2D eigenvalue weighted by atomic mass is 9.71. The summed E-state index contributed by atoms with van der Waals surface area (Å²) in [6.45, 7) is 2.37. The summed E-state index contributed by atoms with van der Waals surface area (Å²) < 4.78 is 20.9. The normalized spacial score (nSPS) is 21.9. The molecule has 2 N–H and O–H groups in total. The first-order chi connectivity index (χ1) is 15.2. The maximum absolute atomic E-state index is 14.1. The van der Waals surface area contributed by atoms with Gasteiger partial charge >= 0.3 is 0 Å². The molecule has 2 aromatic rings. The van der Waals surface area contributed by atoms with Gasteiger partial charge in [-0.25, -0.2) is 4.39 Å². The Hall–Kier alpha value is -2.91. The third kappa shape index (κ3) is 3.45. The highest BCUT2D eigenvalue weighted by Crippen LogP contribution is 2.44.